The van der Waals surface area contributed by atoms with Gasteiger partial charge in [-0.2, -0.15) is 3.71 Å². The molecule has 3 aliphatic rings. The molecule has 17 heteroatoms. The third-order valence-electron chi connectivity index (χ3n) is 8.16. The van der Waals surface area contributed by atoms with E-state index >= 15 is 0 Å². The van der Waals surface area contributed by atoms with Crippen LogP contribution in [0, 0.1) is 0 Å². The zero-order chi connectivity index (χ0) is 33.9. The van der Waals surface area contributed by atoms with Gasteiger partial charge in [0.05, 0.1) is 51.4 Å². The van der Waals surface area contributed by atoms with Gasteiger partial charge in [0.25, 0.3) is 23.6 Å². The third-order valence-corrected chi connectivity index (χ3v) is 13.5. The summed E-state index contributed by atoms with van der Waals surface area (Å²) in [5, 5.41) is 0. The van der Waals surface area contributed by atoms with Crippen molar-refractivity contribution in [3.63, 3.8) is 0 Å². The number of carbonyl (C=O) groups excluding carboxylic acids is 4. The van der Waals surface area contributed by atoms with Gasteiger partial charge in [0.1, 0.15) is 0 Å². The third kappa shape index (κ3) is 5.67. The van der Waals surface area contributed by atoms with Gasteiger partial charge in [-0.05, 0) is 54.8 Å². The topological polar surface area (TPSA) is 184 Å². The highest BCUT2D eigenvalue weighted by Crippen LogP contribution is 2.35. The number of fused-ring (bicyclic) bond motifs is 3. The van der Waals surface area contributed by atoms with Crippen LogP contribution in [0.3, 0.4) is 0 Å². The average molecular weight is 701 g/mol. The van der Waals surface area contributed by atoms with Crippen LogP contribution < -0.4 is 8.02 Å². The van der Waals surface area contributed by atoms with Crippen molar-refractivity contribution in [2.45, 2.75) is 12.8 Å². The minimum absolute atomic E-state index is 0.0795. The maximum atomic E-state index is 14.0. The molecular formula is C30H28N4O10S3. The molecule has 0 bridgehead atoms. The predicted octanol–water partition coefficient (Wildman–Crippen LogP) is 1.46. The fraction of sp³-hybridized carbons (Fsp3) is 0.267. The number of benzene rings is 3. The summed E-state index contributed by atoms with van der Waals surface area (Å²) in [7, 11) is -13.7. The molecule has 0 atom stereocenters. The van der Waals surface area contributed by atoms with Crippen LogP contribution in [0.15, 0.2) is 66.7 Å². The van der Waals surface area contributed by atoms with E-state index in [0.29, 0.717) is 28.2 Å². The fourth-order valence-corrected chi connectivity index (χ4v) is 10.8. The molecule has 3 heterocycles. The van der Waals surface area contributed by atoms with E-state index in [1.54, 1.807) is 24.3 Å². The Morgan fingerprint density at radius 3 is 1.47 bits per heavy atom. The minimum Gasteiger partial charge on any atom is -0.273 e. The molecule has 0 unspecified atom stereocenters. The molecule has 0 aromatic heterocycles. The van der Waals surface area contributed by atoms with Crippen LogP contribution in [0.4, 0.5) is 11.4 Å². The molecule has 0 radical (unpaired) electrons. The van der Waals surface area contributed by atoms with Crippen LogP contribution in [0.25, 0.3) is 0 Å². The number of rotatable bonds is 10. The molecule has 0 spiro atoms. The number of hydrogen-bond donors (Lipinski definition) is 0. The monoisotopic (exact) mass is 700 g/mol. The first kappa shape index (κ1) is 32.3. The molecule has 47 heavy (non-hydrogen) atoms. The van der Waals surface area contributed by atoms with E-state index in [2.05, 4.69) is 0 Å². The number of nitrogens with zero attached hydrogens (tertiary/aromatic N) is 4. The summed E-state index contributed by atoms with van der Waals surface area (Å²) < 4.78 is 82.3. The van der Waals surface area contributed by atoms with Gasteiger partial charge in [0.15, 0.2) is 0 Å². The summed E-state index contributed by atoms with van der Waals surface area (Å²) in [6.07, 6.45) is 1.92. The van der Waals surface area contributed by atoms with Gasteiger partial charge >= 0.3 is 0 Å². The van der Waals surface area contributed by atoms with Crippen molar-refractivity contribution < 1.29 is 44.4 Å². The van der Waals surface area contributed by atoms with Crippen LogP contribution in [-0.2, 0) is 36.5 Å². The predicted molar refractivity (Wildman–Crippen MR) is 171 cm³/mol. The maximum absolute atomic E-state index is 14.0. The SMILES string of the molecule is CS(=O)(=O)N1CCCc2ccc(N(S(=O)(=O)CCN3C(=O)c4ccccc4C3=O)S(=O)(=O)CCN3C(=O)c4ccccc4C3=O)cc21. The van der Waals surface area contributed by atoms with Crippen LogP contribution >= 0.6 is 0 Å². The van der Waals surface area contributed by atoms with Crippen molar-refractivity contribution in [2.75, 3.05) is 45.4 Å². The normalized spacial score (nSPS) is 16.4. The highest BCUT2D eigenvalue weighted by atomic mass is 32.3. The second kappa shape index (κ2) is 11.6. The van der Waals surface area contributed by atoms with Gasteiger partial charge in [0.2, 0.25) is 30.1 Å². The van der Waals surface area contributed by atoms with Gasteiger partial charge in [-0.15, -0.1) is 0 Å². The number of hydrogen-bond acceptors (Lipinski definition) is 10. The molecule has 3 aromatic rings. The number of aryl methyl sites for hydroxylation is 1. The zero-order valence-electron chi connectivity index (χ0n) is 24.9. The molecule has 3 aliphatic heterocycles. The lowest BCUT2D eigenvalue weighted by atomic mass is 10.0. The molecular weight excluding hydrogens is 673 g/mol. The Morgan fingerprint density at radius 2 is 1.06 bits per heavy atom. The van der Waals surface area contributed by atoms with Crippen molar-refractivity contribution in [3.05, 3.63) is 94.5 Å². The number of anilines is 2. The van der Waals surface area contributed by atoms with Gasteiger partial charge in [-0.25, -0.2) is 25.3 Å². The first-order chi connectivity index (χ1) is 22.1. The Morgan fingerprint density at radius 1 is 0.638 bits per heavy atom. The Bertz CT molecular complexity index is 2020. The van der Waals surface area contributed by atoms with Gasteiger partial charge in [-0.3, -0.25) is 33.3 Å². The average Bonchev–Trinajstić information content (AvgIpc) is 3.41. The van der Waals surface area contributed by atoms with E-state index in [9.17, 15) is 44.4 Å². The molecule has 0 fully saturated rings. The highest BCUT2D eigenvalue weighted by Gasteiger charge is 2.41. The van der Waals surface area contributed by atoms with E-state index in [1.165, 1.54) is 36.4 Å². The number of imide groups is 2. The Kier molecular flexibility index (Phi) is 7.96. The molecule has 3 aromatic carbocycles. The van der Waals surface area contributed by atoms with Gasteiger partial charge in [-0.1, -0.05) is 30.3 Å². The molecule has 14 nitrogen and oxygen atoms in total. The van der Waals surface area contributed by atoms with Crippen LogP contribution in [0.1, 0.15) is 53.4 Å². The lowest BCUT2D eigenvalue weighted by Gasteiger charge is -2.31. The Hall–Kier alpha value is -4.61. The van der Waals surface area contributed by atoms with E-state index < -0.39 is 84.0 Å². The van der Waals surface area contributed by atoms with Gasteiger partial charge in [0, 0.05) is 19.6 Å². The van der Waals surface area contributed by atoms with E-state index in [0.717, 1.165) is 16.6 Å². The maximum Gasteiger partial charge on any atom is 0.261 e. The Balaban J connectivity index is 1.35. The van der Waals surface area contributed by atoms with Crippen LogP contribution in [0.2, 0.25) is 0 Å². The summed E-state index contributed by atoms with van der Waals surface area (Å²) in [5.41, 5.74) is 0.562. The second-order valence-electron chi connectivity index (χ2n) is 11.2. The first-order valence-corrected chi connectivity index (χ1v) is 19.5. The van der Waals surface area contributed by atoms with Crippen molar-refractivity contribution >= 4 is 65.1 Å². The molecule has 4 amide bonds. The molecule has 0 aliphatic carbocycles. The van der Waals surface area contributed by atoms with E-state index in [-0.39, 0.29) is 38.2 Å². The van der Waals surface area contributed by atoms with Gasteiger partial charge < -0.3 is 0 Å². The molecule has 0 saturated carbocycles. The first-order valence-electron chi connectivity index (χ1n) is 14.4. The van der Waals surface area contributed by atoms with Crippen molar-refractivity contribution in [3.8, 4) is 0 Å². The number of carbonyl (C=O) groups is 4. The molecule has 6 rings (SSSR count). The summed E-state index contributed by atoms with van der Waals surface area (Å²) in [5.74, 6) is -4.96. The minimum atomic E-state index is -4.92. The summed E-state index contributed by atoms with van der Waals surface area (Å²) >= 11 is 0. The molecule has 0 saturated heterocycles. The quantitative estimate of drug-likeness (QED) is 0.281. The second-order valence-corrected chi connectivity index (χ2v) is 17.2. The standard InChI is InChI=1S/C30H28N4O10S3/c1-45(39,40)33-14-6-7-20-12-13-21(19-26(20)33)34(46(41,42)17-15-31-27(35)22-8-2-3-9-23(22)28(31)36)47(43,44)18-16-32-29(37)24-10-4-5-11-25(24)30(32)38/h2-5,8-13,19H,6-7,14-18H2,1H3. The lowest BCUT2D eigenvalue weighted by Crippen LogP contribution is -2.45. The van der Waals surface area contributed by atoms with Crippen molar-refractivity contribution in [1.82, 2.24) is 9.80 Å². The molecule has 246 valence electrons. The number of sulfonamides is 3. The van der Waals surface area contributed by atoms with E-state index in [1.807, 2.05) is 0 Å². The summed E-state index contributed by atoms with van der Waals surface area (Å²) in [6, 6.07) is 15.7. The number of amides is 4. The van der Waals surface area contributed by atoms with Crippen LogP contribution in [-0.4, -0.2) is 96.1 Å². The van der Waals surface area contributed by atoms with E-state index in [4.69, 9.17) is 0 Å². The summed E-state index contributed by atoms with van der Waals surface area (Å²) in [4.78, 5) is 53.0. The van der Waals surface area contributed by atoms with Crippen LogP contribution in [0.5, 0.6) is 0 Å². The largest absolute Gasteiger partial charge is 0.273 e. The zero-order valence-corrected chi connectivity index (χ0v) is 27.3. The lowest BCUT2D eigenvalue weighted by molar-refractivity contribution is 0.0648. The smallest absolute Gasteiger partial charge is 0.261 e. The van der Waals surface area contributed by atoms with Crippen molar-refractivity contribution in [2.24, 2.45) is 0 Å². The highest BCUT2D eigenvalue weighted by molar-refractivity contribution is 8.10. The molecule has 0 N–H and O–H groups in total. The van der Waals surface area contributed by atoms with Crippen molar-refractivity contribution in [1.29, 1.82) is 0 Å². The summed E-state index contributed by atoms with van der Waals surface area (Å²) in [6.45, 7) is -1.27. The fourth-order valence-electron chi connectivity index (χ4n) is 5.95. The Labute approximate surface area is 271 Å².